The molecule has 4 heteroatoms. The van der Waals surface area contributed by atoms with E-state index in [9.17, 15) is 4.79 Å². The number of carbonyl (C=O) groups excluding carboxylic acids is 1. The average molecular weight is 284 g/mol. The number of aliphatic hydroxyl groups is 2. The largest absolute Gasteiger partial charge is 0.457 e. The Kier molecular flexibility index (Phi) is 13.5. The van der Waals surface area contributed by atoms with Crippen LogP contribution in [0.2, 0.25) is 0 Å². The Bertz CT molecular complexity index is 280. The molecule has 2 N–H and O–H groups in total. The Morgan fingerprint density at radius 3 is 2.30 bits per heavy atom. The number of esters is 1. The number of hydrogen-bond acceptors (Lipinski definition) is 4. The highest BCUT2D eigenvalue weighted by Gasteiger charge is 2.10. The summed E-state index contributed by atoms with van der Waals surface area (Å²) < 4.78 is 4.84. The summed E-state index contributed by atoms with van der Waals surface area (Å²) in [4.78, 5) is 11.3. The van der Waals surface area contributed by atoms with Crippen LogP contribution in [0.1, 0.15) is 51.9 Å². The van der Waals surface area contributed by atoms with E-state index in [1.54, 1.807) is 0 Å². The summed E-state index contributed by atoms with van der Waals surface area (Å²) >= 11 is 0. The third-order valence-electron chi connectivity index (χ3n) is 2.80. The van der Waals surface area contributed by atoms with Crippen LogP contribution in [0.25, 0.3) is 0 Å². The molecule has 0 aliphatic rings. The summed E-state index contributed by atoms with van der Waals surface area (Å²) in [6, 6.07) is 0. The summed E-state index contributed by atoms with van der Waals surface area (Å²) in [5, 5.41) is 17.5. The van der Waals surface area contributed by atoms with E-state index in [1.807, 2.05) is 12.2 Å². The van der Waals surface area contributed by atoms with Gasteiger partial charge in [-0.25, -0.2) is 0 Å². The van der Waals surface area contributed by atoms with E-state index in [1.165, 1.54) is 19.3 Å². The molecule has 0 spiro atoms. The quantitative estimate of drug-likeness (QED) is 0.328. The van der Waals surface area contributed by atoms with Gasteiger partial charge in [-0.05, 0) is 25.7 Å². The van der Waals surface area contributed by atoms with Gasteiger partial charge in [-0.1, -0.05) is 44.1 Å². The Morgan fingerprint density at radius 1 is 1.05 bits per heavy atom. The van der Waals surface area contributed by atoms with Crippen molar-refractivity contribution in [2.24, 2.45) is 0 Å². The van der Waals surface area contributed by atoms with Crippen LogP contribution in [0.15, 0.2) is 24.3 Å². The minimum atomic E-state index is -0.794. The molecule has 116 valence electrons. The molecule has 0 aliphatic carbocycles. The number of allylic oxidation sites excluding steroid dienone is 4. The second-order valence-electron chi connectivity index (χ2n) is 4.69. The Labute approximate surface area is 122 Å². The van der Waals surface area contributed by atoms with Gasteiger partial charge in [0.1, 0.15) is 6.10 Å². The van der Waals surface area contributed by atoms with Crippen LogP contribution in [-0.2, 0) is 9.53 Å². The molecule has 0 radical (unpaired) electrons. The van der Waals surface area contributed by atoms with Gasteiger partial charge >= 0.3 is 5.97 Å². The van der Waals surface area contributed by atoms with Gasteiger partial charge < -0.3 is 14.9 Å². The van der Waals surface area contributed by atoms with Crippen LogP contribution >= 0.6 is 0 Å². The highest BCUT2D eigenvalue weighted by molar-refractivity contribution is 5.69. The number of carbonyl (C=O) groups is 1. The highest BCUT2D eigenvalue weighted by atomic mass is 16.6. The Morgan fingerprint density at radius 2 is 1.70 bits per heavy atom. The molecule has 0 aromatic carbocycles. The predicted octanol–water partition coefficient (Wildman–Crippen LogP) is 2.75. The van der Waals surface area contributed by atoms with Crippen LogP contribution in [-0.4, -0.2) is 35.5 Å². The van der Waals surface area contributed by atoms with Crippen LogP contribution in [0.3, 0.4) is 0 Å². The number of unbranched alkanes of at least 4 members (excludes halogenated alkanes) is 3. The first kappa shape index (κ1) is 18.9. The molecule has 0 heterocycles. The fraction of sp³-hybridized carbons (Fsp3) is 0.688. The maximum atomic E-state index is 11.3. The van der Waals surface area contributed by atoms with Crippen molar-refractivity contribution in [1.29, 1.82) is 0 Å². The van der Waals surface area contributed by atoms with E-state index in [-0.39, 0.29) is 19.6 Å². The van der Waals surface area contributed by atoms with E-state index in [0.29, 0.717) is 6.42 Å². The SMILES string of the molecule is CCCCC/C=C/C/C=C\CCC(=O)OC(CO)CO. The maximum absolute atomic E-state index is 11.3. The topological polar surface area (TPSA) is 66.8 Å². The Hall–Kier alpha value is -1.13. The number of ether oxygens (including phenoxy) is 1. The molecule has 0 aliphatic heterocycles. The van der Waals surface area contributed by atoms with Crippen molar-refractivity contribution in [3.63, 3.8) is 0 Å². The molecule has 0 atom stereocenters. The molecule has 0 aromatic heterocycles. The smallest absolute Gasteiger partial charge is 0.306 e. The fourth-order valence-electron chi connectivity index (χ4n) is 1.60. The van der Waals surface area contributed by atoms with Gasteiger partial charge in [0, 0.05) is 6.42 Å². The van der Waals surface area contributed by atoms with Crippen molar-refractivity contribution in [3.05, 3.63) is 24.3 Å². The number of rotatable bonds is 12. The van der Waals surface area contributed by atoms with Gasteiger partial charge in [-0.15, -0.1) is 0 Å². The summed E-state index contributed by atoms with van der Waals surface area (Å²) in [5.74, 6) is -0.391. The first-order chi connectivity index (χ1) is 9.74. The van der Waals surface area contributed by atoms with E-state index in [2.05, 4.69) is 19.1 Å². The lowest BCUT2D eigenvalue weighted by molar-refractivity contribution is -0.153. The van der Waals surface area contributed by atoms with E-state index in [4.69, 9.17) is 14.9 Å². The summed E-state index contributed by atoms with van der Waals surface area (Å²) in [7, 11) is 0. The summed E-state index contributed by atoms with van der Waals surface area (Å²) in [5.41, 5.74) is 0. The van der Waals surface area contributed by atoms with Crippen LogP contribution in [0, 0.1) is 0 Å². The first-order valence-corrected chi connectivity index (χ1v) is 7.45. The van der Waals surface area contributed by atoms with Crippen molar-refractivity contribution in [2.75, 3.05) is 13.2 Å². The van der Waals surface area contributed by atoms with Gasteiger partial charge in [0.2, 0.25) is 0 Å². The maximum Gasteiger partial charge on any atom is 0.306 e. The molecular formula is C16H28O4. The molecule has 4 nitrogen and oxygen atoms in total. The fourth-order valence-corrected chi connectivity index (χ4v) is 1.60. The average Bonchev–Trinajstić information content (AvgIpc) is 2.46. The van der Waals surface area contributed by atoms with Gasteiger partial charge in [0.25, 0.3) is 0 Å². The molecule has 0 fully saturated rings. The van der Waals surface area contributed by atoms with E-state index >= 15 is 0 Å². The molecule has 0 rings (SSSR count). The molecule has 0 amide bonds. The molecule has 0 bridgehead atoms. The van der Waals surface area contributed by atoms with Crippen molar-refractivity contribution >= 4 is 5.97 Å². The standard InChI is InChI=1S/C16H28O4/c1-2-3-4-5-6-7-8-9-10-11-12-16(19)20-15(13-17)14-18/h6-7,9-10,15,17-18H,2-5,8,11-14H2,1H3/b7-6+,10-9-. The summed E-state index contributed by atoms with van der Waals surface area (Å²) in [6.07, 6.45) is 14.2. The zero-order valence-corrected chi connectivity index (χ0v) is 12.5. The lowest BCUT2D eigenvalue weighted by Crippen LogP contribution is -2.25. The van der Waals surface area contributed by atoms with Gasteiger partial charge in [-0.2, -0.15) is 0 Å². The third kappa shape index (κ3) is 11.9. The van der Waals surface area contributed by atoms with E-state index in [0.717, 1.165) is 12.8 Å². The lowest BCUT2D eigenvalue weighted by atomic mass is 10.2. The monoisotopic (exact) mass is 284 g/mol. The molecule has 0 saturated carbocycles. The zero-order valence-electron chi connectivity index (χ0n) is 12.5. The van der Waals surface area contributed by atoms with Crippen molar-refractivity contribution < 1.29 is 19.7 Å². The van der Waals surface area contributed by atoms with Crippen molar-refractivity contribution in [3.8, 4) is 0 Å². The predicted molar refractivity (Wildman–Crippen MR) is 80.3 cm³/mol. The van der Waals surface area contributed by atoms with Crippen LogP contribution in [0.4, 0.5) is 0 Å². The van der Waals surface area contributed by atoms with Crippen molar-refractivity contribution in [1.82, 2.24) is 0 Å². The van der Waals surface area contributed by atoms with E-state index < -0.39 is 12.1 Å². The molecule has 0 unspecified atom stereocenters. The highest BCUT2D eigenvalue weighted by Crippen LogP contribution is 2.02. The lowest BCUT2D eigenvalue weighted by Gasteiger charge is -2.11. The minimum absolute atomic E-state index is 0.271. The van der Waals surface area contributed by atoms with Crippen LogP contribution in [0.5, 0.6) is 0 Å². The minimum Gasteiger partial charge on any atom is -0.457 e. The van der Waals surface area contributed by atoms with Gasteiger partial charge in [0.15, 0.2) is 0 Å². The molecule has 20 heavy (non-hydrogen) atoms. The molecule has 0 saturated heterocycles. The van der Waals surface area contributed by atoms with Gasteiger partial charge in [-0.3, -0.25) is 4.79 Å². The summed E-state index contributed by atoms with van der Waals surface area (Å²) in [6.45, 7) is 1.50. The molecular weight excluding hydrogens is 256 g/mol. The van der Waals surface area contributed by atoms with Crippen LogP contribution < -0.4 is 0 Å². The number of aliphatic hydroxyl groups excluding tert-OH is 2. The van der Waals surface area contributed by atoms with Gasteiger partial charge in [0.05, 0.1) is 13.2 Å². The third-order valence-corrected chi connectivity index (χ3v) is 2.80. The Balaban J connectivity index is 3.53. The normalized spacial score (nSPS) is 11.8. The second-order valence-corrected chi connectivity index (χ2v) is 4.69. The second kappa shape index (κ2) is 14.3. The van der Waals surface area contributed by atoms with Crippen molar-refractivity contribution in [2.45, 2.75) is 58.0 Å². The first-order valence-electron chi connectivity index (χ1n) is 7.45. The zero-order chi connectivity index (χ0) is 15.1. The number of hydrogen-bond donors (Lipinski definition) is 2. The molecule has 0 aromatic rings.